The molecule has 0 unspecified atom stereocenters. The lowest BCUT2D eigenvalue weighted by atomic mass is 10.1. The molecule has 1 heterocycles. The molecule has 0 bridgehead atoms. The molecule has 1 amide bonds. The number of nitrogens with zero attached hydrogens (tertiary/aromatic N) is 3. The van der Waals surface area contributed by atoms with Crippen LogP contribution < -0.4 is 5.32 Å². The van der Waals surface area contributed by atoms with Gasteiger partial charge in [0.05, 0.1) is 0 Å². The molecular weight excluding hydrogens is 302 g/mol. The number of aryl methyl sites for hydroxylation is 1. The van der Waals surface area contributed by atoms with Gasteiger partial charge in [-0.2, -0.15) is 0 Å². The van der Waals surface area contributed by atoms with Gasteiger partial charge < -0.3 is 10.2 Å². The van der Waals surface area contributed by atoms with Gasteiger partial charge >= 0.3 is 0 Å². The standard InChI is InChI=1S/C16H18F2N4O/c1-10-4-11(8-22(2)3)6-12(5-10)21-16(23)14-7-13(15(17)18)19-9-20-14/h4-7,9,15H,8H2,1-3H3,(H,21,23). The summed E-state index contributed by atoms with van der Waals surface area (Å²) in [5, 5.41) is 2.69. The zero-order chi connectivity index (χ0) is 17.0. The monoisotopic (exact) mass is 320 g/mol. The SMILES string of the molecule is Cc1cc(CN(C)C)cc(NC(=O)c2cc(C(F)F)ncn2)c1. The second-order valence-corrected chi connectivity index (χ2v) is 5.53. The molecule has 122 valence electrons. The number of aromatic nitrogens is 2. The third-order valence-corrected chi connectivity index (χ3v) is 3.04. The van der Waals surface area contributed by atoms with Crippen LogP contribution in [0.25, 0.3) is 0 Å². The predicted molar refractivity (Wildman–Crippen MR) is 83.5 cm³/mol. The lowest BCUT2D eigenvalue weighted by Crippen LogP contribution is -2.15. The lowest BCUT2D eigenvalue weighted by molar-refractivity contribution is 0.102. The first-order valence-corrected chi connectivity index (χ1v) is 7.02. The molecule has 0 saturated carbocycles. The predicted octanol–water partition coefficient (Wildman–Crippen LogP) is 3.04. The first-order valence-electron chi connectivity index (χ1n) is 7.02. The summed E-state index contributed by atoms with van der Waals surface area (Å²) < 4.78 is 25.3. The molecule has 0 radical (unpaired) electrons. The van der Waals surface area contributed by atoms with Crippen molar-refractivity contribution in [3.8, 4) is 0 Å². The van der Waals surface area contributed by atoms with E-state index in [1.54, 1.807) is 0 Å². The molecule has 1 aromatic carbocycles. The first kappa shape index (κ1) is 17.0. The Hall–Kier alpha value is -2.41. The van der Waals surface area contributed by atoms with E-state index in [0.29, 0.717) is 5.69 Å². The number of carbonyl (C=O) groups excluding carboxylic acids is 1. The van der Waals surface area contributed by atoms with Crippen LogP contribution in [0.3, 0.4) is 0 Å². The van der Waals surface area contributed by atoms with E-state index in [9.17, 15) is 13.6 Å². The van der Waals surface area contributed by atoms with E-state index in [1.165, 1.54) is 0 Å². The highest BCUT2D eigenvalue weighted by Gasteiger charge is 2.14. The maximum atomic E-state index is 12.6. The Kier molecular flexibility index (Phi) is 5.33. The summed E-state index contributed by atoms with van der Waals surface area (Å²) in [7, 11) is 3.90. The van der Waals surface area contributed by atoms with Crippen molar-refractivity contribution in [3.05, 3.63) is 53.1 Å². The van der Waals surface area contributed by atoms with Crippen LogP contribution in [0.4, 0.5) is 14.5 Å². The van der Waals surface area contributed by atoms with Crippen LogP contribution in [-0.4, -0.2) is 34.9 Å². The van der Waals surface area contributed by atoms with Gasteiger partial charge in [0.1, 0.15) is 17.7 Å². The summed E-state index contributed by atoms with van der Waals surface area (Å²) in [4.78, 5) is 21.4. The Labute approximate surface area is 133 Å². The van der Waals surface area contributed by atoms with E-state index in [4.69, 9.17) is 0 Å². The molecule has 23 heavy (non-hydrogen) atoms. The highest BCUT2D eigenvalue weighted by Crippen LogP contribution is 2.18. The summed E-state index contributed by atoms with van der Waals surface area (Å²) in [6.07, 6.45) is -1.78. The molecule has 1 aromatic heterocycles. The Morgan fingerprint density at radius 1 is 1.22 bits per heavy atom. The van der Waals surface area contributed by atoms with Crippen molar-refractivity contribution in [1.82, 2.24) is 14.9 Å². The van der Waals surface area contributed by atoms with Crippen molar-refractivity contribution in [2.24, 2.45) is 0 Å². The molecule has 0 aliphatic heterocycles. The quantitative estimate of drug-likeness (QED) is 0.920. The number of nitrogens with one attached hydrogen (secondary N) is 1. The van der Waals surface area contributed by atoms with Crippen LogP contribution in [-0.2, 0) is 6.54 Å². The fraction of sp³-hybridized carbons (Fsp3) is 0.312. The lowest BCUT2D eigenvalue weighted by Gasteiger charge is -2.13. The molecule has 7 heteroatoms. The van der Waals surface area contributed by atoms with Crippen LogP contribution in [0.15, 0.2) is 30.6 Å². The van der Waals surface area contributed by atoms with Crippen LogP contribution in [0.5, 0.6) is 0 Å². The first-order chi connectivity index (χ1) is 10.8. The van der Waals surface area contributed by atoms with Gasteiger partial charge in [0.2, 0.25) is 0 Å². The second kappa shape index (κ2) is 7.23. The molecule has 1 N–H and O–H groups in total. The minimum absolute atomic E-state index is 0.0917. The number of anilines is 1. The van der Waals surface area contributed by atoms with Gasteiger partial charge in [-0.3, -0.25) is 4.79 Å². The second-order valence-electron chi connectivity index (χ2n) is 5.53. The van der Waals surface area contributed by atoms with Gasteiger partial charge in [0.25, 0.3) is 12.3 Å². The Morgan fingerprint density at radius 3 is 2.61 bits per heavy atom. The molecule has 5 nitrogen and oxygen atoms in total. The van der Waals surface area contributed by atoms with Crippen molar-refractivity contribution < 1.29 is 13.6 Å². The van der Waals surface area contributed by atoms with E-state index in [-0.39, 0.29) is 5.69 Å². The number of benzene rings is 1. The average Bonchev–Trinajstić information content (AvgIpc) is 2.45. The minimum atomic E-state index is -2.74. The number of carbonyl (C=O) groups is 1. The molecule has 0 saturated heterocycles. The molecule has 2 aromatic rings. The maximum Gasteiger partial charge on any atom is 0.280 e. The van der Waals surface area contributed by atoms with Crippen LogP contribution >= 0.6 is 0 Å². The van der Waals surface area contributed by atoms with Crippen molar-refractivity contribution in [2.75, 3.05) is 19.4 Å². The highest BCUT2D eigenvalue weighted by molar-refractivity contribution is 6.02. The Bertz CT molecular complexity index is 704. The van der Waals surface area contributed by atoms with Crippen molar-refractivity contribution in [3.63, 3.8) is 0 Å². The third-order valence-electron chi connectivity index (χ3n) is 3.04. The number of halogens is 2. The number of hydrogen-bond acceptors (Lipinski definition) is 4. The van der Waals surface area contributed by atoms with Crippen LogP contribution in [0.1, 0.15) is 33.7 Å². The van der Waals surface area contributed by atoms with E-state index < -0.39 is 18.0 Å². The molecule has 0 aliphatic rings. The van der Waals surface area contributed by atoms with E-state index in [2.05, 4.69) is 15.3 Å². The van der Waals surface area contributed by atoms with Gasteiger partial charge in [-0.15, -0.1) is 0 Å². The minimum Gasteiger partial charge on any atom is -0.321 e. The summed E-state index contributed by atoms with van der Waals surface area (Å²) in [5.41, 5.74) is 2.08. The third kappa shape index (κ3) is 4.79. The zero-order valence-corrected chi connectivity index (χ0v) is 13.2. The number of rotatable bonds is 5. The highest BCUT2D eigenvalue weighted by atomic mass is 19.3. The van der Waals surface area contributed by atoms with Crippen molar-refractivity contribution in [1.29, 1.82) is 0 Å². The summed E-state index contributed by atoms with van der Waals surface area (Å²) >= 11 is 0. The number of hydrogen-bond donors (Lipinski definition) is 1. The molecule has 2 rings (SSSR count). The average molecular weight is 320 g/mol. The molecular formula is C16H18F2N4O. The largest absolute Gasteiger partial charge is 0.321 e. The van der Waals surface area contributed by atoms with Gasteiger partial charge in [-0.1, -0.05) is 6.07 Å². The Morgan fingerprint density at radius 2 is 1.96 bits per heavy atom. The van der Waals surface area contributed by atoms with E-state index in [1.807, 2.05) is 44.1 Å². The van der Waals surface area contributed by atoms with E-state index >= 15 is 0 Å². The fourth-order valence-electron chi connectivity index (χ4n) is 2.20. The van der Waals surface area contributed by atoms with Crippen LogP contribution in [0.2, 0.25) is 0 Å². The summed E-state index contributed by atoms with van der Waals surface area (Å²) in [6.45, 7) is 2.65. The van der Waals surface area contributed by atoms with E-state index in [0.717, 1.165) is 30.1 Å². The van der Waals surface area contributed by atoms with Gasteiger partial charge in [-0.25, -0.2) is 18.7 Å². The zero-order valence-electron chi connectivity index (χ0n) is 13.2. The molecule has 0 atom stereocenters. The van der Waals surface area contributed by atoms with Crippen molar-refractivity contribution >= 4 is 11.6 Å². The molecule has 0 aliphatic carbocycles. The van der Waals surface area contributed by atoms with Gasteiger partial charge in [0, 0.05) is 12.2 Å². The summed E-state index contributed by atoms with van der Waals surface area (Å²) in [5.74, 6) is -0.546. The molecule has 0 fully saturated rings. The van der Waals surface area contributed by atoms with Crippen LogP contribution in [0, 0.1) is 6.92 Å². The van der Waals surface area contributed by atoms with Gasteiger partial charge in [-0.05, 0) is 50.3 Å². The maximum absolute atomic E-state index is 12.6. The normalized spacial score (nSPS) is 11.1. The van der Waals surface area contributed by atoms with Gasteiger partial charge in [0.15, 0.2) is 0 Å². The molecule has 0 spiro atoms. The summed E-state index contributed by atoms with van der Waals surface area (Å²) in [6, 6.07) is 6.68. The fourth-order valence-corrected chi connectivity index (χ4v) is 2.20. The van der Waals surface area contributed by atoms with Crippen molar-refractivity contribution in [2.45, 2.75) is 19.9 Å². The number of alkyl halides is 2. The number of amides is 1. The Balaban J connectivity index is 2.20. The topological polar surface area (TPSA) is 58.1 Å². The smallest absolute Gasteiger partial charge is 0.280 e.